The van der Waals surface area contributed by atoms with Crippen LogP contribution in [0.3, 0.4) is 0 Å². The Hall–Kier alpha value is -2.53. The summed E-state index contributed by atoms with van der Waals surface area (Å²) in [5.41, 5.74) is 5.29. The molecule has 0 radical (unpaired) electrons. The van der Waals surface area contributed by atoms with Crippen molar-refractivity contribution in [1.82, 2.24) is 0 Å². The van der Waals surface area contributed by atoms with E-state index in [-0.39, 0.29) is 5.56 Å². The first-order valence-corrected chi connectivity index (χ1v) is 6.60. The normalized spacial score (nSPS) is 14.6. The van der Waals surface area contributed by atoms with E-state index in [0.717, 1.165) is 5.56 Å². The van der Waals surface area contributed by atoms with Gasteiger partial charge in [-0.3, -0.25) is 5.43 Å². The van der Waals surface area contributed by atoms with E-state index in [9.17, 15) is 4.79 Å². The molecule has 3 rings (SSSR count). The van der Waals surface area contributed by atoms with Crippen molar-refractivity contribution in [3.63, 3.8) is 0 Å². The van der Waals surface area contributed by atoms with Crippen molar-refractivity contribution in [3.05, 3.63) is 58.6 Å². The van der Waals surface area contributed by atoms with Crippen LogP contribution >= 0.6 is 11.6 Å². The van der Waals surface area contributed by atoms with E-state index in [4.69, 9.17) is 21.4 Å². The minimum Gasteiger partial charge on any atom is -0.486 e. The van der Waals surface area contributed by atoms with Gasteiger partial charge < -0.3 is 9.84 Å². The van der Waals surface area contributed by atoms with E-state index in [1.165, 1.54) is 12.1 Å². The standard InChI is InChI=1S/C15H11ClN2O3/c16-11-2-1-3-13-14(11)12(8-21-13)18-17-10-6-4-9(5-7-10)15(19)20/h1-7,17H,8H2,(H,19,20)/b18-12-. The van der Waals surface area contributed by atoms with Gasteiger partial charge in [-0.1, -0.05) is 17.7 Å². The average Bonchev–Trinajstić information content (AvgIpc) is 2.90. The first-order valence-electron chi connectivity index (χ1n) is 6.23. The molecular weight excluding hydrogens is 292 g/mol. The number of rotatable bonds is 3. The Labute approximate surface area is 125 Å². The smallest absolute Gasteiger partial charge is 0.335 e. The van der Waals surface area contributed by atoms with Crippen LogP contribution in [0.15, 0.2) is 47.6 Å². The molecule has 1 aliphatic heterocycles. The Morgan fingerprint density at radius 3 is 2.71 bits per heavy atom. The molecule has 21 heavy (non-hydrogen) atoms. The first-order chi connectivity index (χ1) is 10.1. The third-order valence-corrected chi connectivity index (χ3v) is 3.40. The summed E-state index contributed by atoms with van der Waals surface area (Å²) in [5, 5.41) is 13.7. The number of aromatic carboxylic acids is 1. The van der Waals surface area contributed by atoms with Gasteiger partial charge in [0.2, 0.25) is 0 Å². The number of hydrazone groups is 1. The molecule has 0 aromatic heterocycles. The molecule has 1 aliphatic rings. The lowest BCUT2D eigenvalue weighted by molar-refractivity contribution is 0.0697. The summed E-state index contributed by atoms with van der Waals surface area (Å²) in [6, 6.07) is 11.8. The fourth-order valence-corrected chi connectivity index (χ4v) is 2.31. The maximum Gasteiger partial charge on any atom is 0.335 e. The molecule has 0 aliphatic carbocycles. The molecule has 2 aromatic carbocycles. The van der Waals surface area contributed by atoms with Gasteiger partial charge in [0.1, 0.15) is 18.1 Å². The molecule has 2 N–H and O–H groups in total. The van der Waals surface area contributed by atoms with Crippen LogP contribution in [0.4, 0.5) is 5.69 Å². The summed E-state index contributed by atoms with van der Waals surface area (Å²) in [6.45, 7) is 0.347. The monoisotopic (exact) mass is 302 g/mol. The zero-order valence-electron chi connectivity index (χ0n) is 10.8. The molecule has 5 nitrogen and oxygen atoms in total. The number of carboxylic acid groups (broad SMARTS) is 1. The number of carboxylic acids is 1. The molecule has 0 unspecified atom stereocenters. The second-order valence-electron chi connectivity index (χ2n) is 4.45. The highest BCUT2D eigenvalue weighted by molar-refractivity contribution is 6.35. The van der Waals surface area contributed by atoms with E-state index >= 15 is 0 Å². The number of benzene rings is 2. The molecule has 0 fully saturated rings. The van der Waals surface area contributed by atoms with Crippen LogP contribution in [0, 0.1) is 0 Å². The summed E-state index contributed by atoms with van der Waals surface area (Å²) >= 11 is 6.15. The Balaban J connectivity index is 1.81. The minimum absolute atomic E-state index is 0.228. The van der Waals surface area contributed by atoms with Gasteiger partial charge >= 0.3 is 5.97 Å². The number of anilines is 1. The van der Waals surface area contributed by atoms with Crippen molar-refractivity contribution in [1.29, 1.82) is 0 Å². The topological polar surface area (TPSA) is 70.9 Å². The van der Waals surface area contributed by atoms with E-state index in [2.05, 4.69) is 10.5 Å². The number of carbonyl (C=O) groups is 1. The highest BCUT2D eigenvalue weighted by Crippen LogP contribution is 2.31. The zero-order valence-corrected chi connectivity index (χ0v) is 11.6. The Morgan fingerprint density at radius 2 is 2.00 bits per heavy atom. The lowest BCUT2D eigenvalue weighted by Gasteiger charge is -2.03. The Morgan fingerprint density at radius 1 is 1.24 bits per heavy atom. The van der Waals surface area contributed by atoms with Gasteiger partial charge in [0.25, 0.3) is 0 Å². The summed E-state index contributed by atoms with van der Waals surface area (Å²) in [7, 11) is 0. The predicted octanol–water partition coefficient (Wildman–Crippen LogP) is 3.25. The Kier molecular flexibility index (Phi) is 3.50. The number of nitrogens with zero attached hydrogens (tertiary/aromatic N) is 1. The maximum absolute atomic E-state index is 10.8. The first kappa shape index (κ1) is 13.5. The Bertz CT molecular complexity index is 726. The number of fused-ring (bicyclic) bond motifs is 1. The van der Waals surface area contributed by atoms with Crippen molar-refractivity contribution >= 4 is 29.0 Å². The third-order valence-electron chi connectivity index (χ3n) is 3.08. The quantitative estimate of drug-likeness (QED) is 0.854. The molecule has 0 saturated heterocycles. The molecule has 0 atom stereocenters. The molecule has 0 bridgehead atoms. The lowest BCUT2D eigenvalue weighted by Crippen LogP contribution is -2.06. The van der Waals surface area contributed by atoms with Gasteiger partial charge in [-0.15, -0.1) is 0 Å². The summed E-state index contributed by atoms with van der Waals surface area (Å²) in [4.78, 5) is 10.8. The van der Waals surface area contributed by atoms with Crippen LogP contribution in [0.25, 0.3) is 0 Å². The van der Waals surface area contributed by atoms with Gasteiger partial charge in [-0.25, -0.2) is 4.79 Å². The molecule has 2 aromatic rings. The maximum atomic E-state index is 10.8. The zero-order chi connectivity index (χ0) is 14.8. The van der Waals surface area contributed by atoms with E-state index in [0.29, 0.717) is 28.8 Å². The molecule has 1 heterocycles. The van der Waals surface area contributed by atoms with Crippen molar-refractivity contribution < 1.29 is 14.6 Å². The molecule has 0 saturated carbocycles. The largest absolute Gasteiger partial charge is 0.486 e. The molecule has 0 spiro atoms. The van der Waals surface area contributed by atoms with Crippen LogP contribution in [0.1, 0.15) is 15.9 Å². The second kappa shape index (κ2) is 5.46. The van der Waals surface area contributed by atoms with E-state index in [1.807, 2.05) is 12.1 Å². The molecule has 6 heteroatoms. The number of hydrogen-bond acceptors (Lipinski definition) is 4. The molecule has 0 amide bonds. The van der Waals surface area contributed by atoms with Crippen molar-refractivity contribution in [2.75, 3.05) is 12.0 Å². The number of ether oxygens (including phenoxy) is 1. The second-order valence-corrected chi connectivity index (χ2v) is 4.86. The van der Waals surface area contributed by atoms with E-state index < -0.39 is 5.97 Å². The molecule has 106 valence electrons. The summed E-state index contributed by atoms with van der Waals surface area (Å²) < 4.78 is 5.50. The fourth-order valence-electron chi connectivity index (χ4n) is 2.03. The van der Waals surface area contributed by atoms with Crippen LogP contribution in [-0.2, 0) is 0 Å². The fraction of sp³-hybridized carbons (Fsp3) is 0.0667. The lowest BCUT2D eigenvalue weighted by atomic mass is 10.1. The highest BCUT2D eigenvalue weighted by atomic mass is 35.5. The summed E-state index contributed by atoms with van der Waals surface area (Å²) in [5.74, 6) is -0.248. The highest BCUT2D eigenvalue weighted by Gasteiger charge is 2.22. The van der Waals surface area contributed by atoms with Gasteiger partial charge in [-0.2, -0.15) is 5.10 Å². The number of nitrogens with one attached hydrogen (secondary N) is 1. The number of halogens is 1. The van der Waals surface area contributed by atoms with Crippen molar-refractivity contribution in [2.24, 2.45) is 5.10 Å². The number of hydrogen-bond donors (Lipinski definition) is 2. The van der Waals surface area contributed by atoms with Crippen LogP contribution in [0.5, 0.6) is 5.75 Å². The van der Waals surface area contributed by atoms with Crippen molar-refractivity contribution in [3.8, 4) is 5.75 Å². The SMILES string of the molecule is O=C(O)c1ccc(N/N=C2/COc3cccc(Cl)c32)cc1. The van der Waals surface area contributed by atoms with Crippen LogP contribution < -0.4 is 10.2 Å². The minimum atomic E-state index is -0.960. The predicted molar refractivity (Wildman–Crippen MR) is 80.5 cm³/mol. The van der Waals surface area contributed by atoms with Gasteiger partial charge in [0, 0.05) is 0 Å². The molecular formula is C15H11ClN2O3. The van der Waals surface area contributed by atoms with E-state index in [1.54, 1.807) is 18.2 Å². The van der Waals surface area contributed by atoms with Gasteiger partial charge in [0.05, 0.1) is 21.8 Å². The van der Waals surface area contributed by atoms with Crippen LogP contribution in [-0.4, -0.2) is 23.4 Å². The van der Waals surface area contributed by atoms with Gasteiger partial charge in [0.15, 0.2) is 0 Å². The van der Waals surface area contributed by atoms with Crippen molar-refractivity contribution in [2.45, 2.75) is 0 Å². The summed E-state index contributed by atoms with van der Waals surface area (Å²) in [6.07, 6.45) is 0. The third kappa shape index (κ3) is 2.68. The van der Waals surface area contributed by atoms with Crippen LogP contribution in [0.2, 0.25) is 5.02 Å². The average molecular weight is 303 g/mol. The van der Waals surface area contributed by atoms with Gasteiger partial charge in [-0.05, 0) is 36.4 Å².